The SMILES string of the molecule is CC(C)(c1ccc(Oc2ccnc(-n3nccn3)c2)cc1)c1ccc(O[C@H]2C[C@H](Nc3ccc4c(c3)C(=O)N(C3CCC(=O)NC3=O)C4=O)C2)cc1. The van der Waals surface area contributed by atoms with E-state index in [0.29, 0.717) is 23.0 Å². The number of nitrogens with zero attached hydrogens (tertiary/aromatic N) is 5. The second-order valence-corrected chi connectivity index (χ2v) is 13.7. The Labute approximate surface area is 298 Å². The van der Waals surface area contributed by atoms with E-state index < -0.39 is 29.7 Å². The summed E-state index contributed by atoms with van der Waals surface area (Å²) >= 11 is 0. The van der Waals surface area contributed by atoms with E-state index in [1.165, 1.54) is 4.80 Å². The summed E-state index contributed by atoms with van der Waals surface area (Å²) in [4.78, 5) is 56.8. The van der Waals surface area contributed by atoms with Gasteiger partial charge in [0, 0.05) is 48.7 Å². The first-order valence-corrected chi connectivity index (χ1v) is 17.1. The third-order valence-electron chi connectivity index (χ3n) is 9.94. The highest BCUT2D eigenvalue weighted by Crippen LogP contribution is 2.36. The van der Waals surface area contributed by atoms with Gasteiger partial charge in [-0.2, -0.15) is 10.2 Å². The number of amides is 4. The number of fused-ring (bicyclic) bond motifs is 1. The predicted molar refractivity (Wildman–Crippen MR) is 188 cm³/mol. The minimum absolute atomic E-state index is 0.0387. The summed E-state index contributed by atoms with van der Waals surface area (Å²) in [6, 6.07) is 24.0. The van der Waals surface area contributed by atoms with E-state index in [9.17, 15) is 19.2 Å². The van der Waals surface area contributed by atoms with Crippen LogP contribution in [0.3, 0.4) is 0 Å². The smallest absolute Gasteiger partial charge is 0.262 e. The fraction of sp³-hybridized carbons (Fsp3) is 0.256. The number of imide groups is 2. The monoisotopic (exact) mass is 697 g/mol. The van der Waals surface area contributed by atoms with Crippen molar-refractivity contribution in [3.8, 4) is 23.1 Å². The summed E-state index contributed by atoms with van der Waals surface area (Å²) in [5.41, 5.74) is 3.25. The standard InChI is InChI=1S/C39H35N7O6/c1-39(2,23-3-8-27(9-4-23)51-29-15-16-40-34(22-29)46-41-17-18-42-46)24-5-10-28(11-6-24)52-30-19-26(20-30)43-25-7-12-31-32(21-25)38(50)45(37(31)49)33-13-14-35(47)44-36(33)48/h3-12,15-18,21-22,26,30,33,43H,13-14,19-20H2,1-2H3,(H,44,47,48)/t26-,30-,33?. The van der Waals surface area contributed by atoms with Crippen LogP contribution in [0.5, 0.6) is 17.2 Å². The number of pyridine rings is 1. The van der Waals surface area contributed by atoms with Crippen LogP contribution in [0.25, 0.3) is 5.82 Å². The molecular formula is C39H35N7O6. The Kier molecular flexibility index (Phi) is 8.25. The lowest BCUT2D eigenvalue weighted by atomic mass is 9.78. The molecule has 262 valence electrons. The molecule has 1 aliphatic carbocycles. The Bertz CT molecular complexity index is 2180. The van der Waals surface area contributed by atoms with Crippen molar-refractivity contribution in [1.82, 2.24) is 30.2 Å². The minimum Gasteiger partial charge on any atom is -0.490 e. The third-order valence-corrected chi connectivity index (χ3v) is 9.94. The molecule has 2 fully saturated rings. The molecule has 1 atom stereocenters. The second-order valence-electron chi connectivity index (χ2n) is 13.7. The van der Waals surface area contributed by atoms with Crippen molar-refractivity contribution in [3.05, 3.63) is 120 Å². The van der Waals surface area contributed by atoms with Gasteiger partial charge in [-0.15, -0.1) is 4.80 Å². The first-order valence-electron chi connectivity index (χ1n) is 17.1. The molecule has 2 aliphatic heterocycles. The number of benzene rings is 3. The summed E-state index contributed by atoms with van der Waals surface area (Å²) < 4.78 is 12.3. The van der Waals surface area contributed by atoms with E-state index >= 15 is 0 Å². The summed E-state index contributed by atoms with van der Waals surface area (Å²) in [5.74, 6) is 0.639. The highest BCUT2D eigenvalue weighted by molar-refractivity contribution is 6.23. The molecule has 1 unspecified atom stereocenters. The summed E-state index contributed by atoms with van der Waals surface area (Å²) in [7, 11) is 0. The van der Waals surface area contributed by atoms with Crippen LogP contribution >= 0.6 is 0 Å². The molecule has 2 aromatic heterocycles. The normalized spacial score (nSPS) is 19.9. The lowest BCUT2D eigenvalue weighted by Gasteiger charge is -2.36. The van der Waals surface area contributed by atoms with E-state index in [0.717, 1.165) is 34.6 Å². The van der Waals surface area contributed by atoms with Gasteiger partial charge in [-0.25, -0.2) is 4.98 Å². The molecule has 2 N–H and O–H groups in total. The molecule has 13 heteroatoms. The maximum Gasteiger partial charge on any atom is 0.262 e. The average Bonchev–Trinajstić information content (AvgIpc) is 3.75. The Morgan fingerprint density at radius 3 is 2.13 bits per heavy atom. The maximum absolute atomic E-state index is 13.2. The molecule has 0 bridgehead atoms. The molecule has 4 amide bonds. The van der Waals surface area contributed by atoms with Crippen LogP contribution < -0.4 is 20.1 Å². The van der Waals surface area contributed by atoms with Crippen LogP contribution in [0, 0.1) is 0 Å². The van der Waals surface area contributed by atoms with Gasteiger partial charge < -0.3 is 14.8 Å². The zero-order valence-electron chi connectivity index (χ0n) is 28.5. The highest BCUT2D eigenvalue weighted by Gasteiger charge is 2.45. The average molecular weight is 698 g/mol. The zero-order chi connectivity index (χ0) is 36.0. The number of ether oxygens (including phenoxy) is 2. The molecule has 3 aliphatic rings. The van der Waals surface area contributed by atoms with E-state index in [1.54, 1.807) is 48.9 Å². The number of anilines is 1. The molecule has 4 heterocycles. The summed E-state index contributed by atoms with van der Waals surface area (Å²) in [6.45, 7) is 4.37. The summed E-state index contributed by atoms with van der Waals surface area (Å²) in [5, 5.41) is 13.9. The fourth-order valence-electron chi connectivity index (χ4n) is 6.87. The van der Waals surface area contributed by atoms with Crippen LogP contribution in [0.1, 0.15) is 71.4 Å². The van der Waals surface area contributed by atoms with Crippen molar-refractivity contribution in [3.63, 3.8) is 0 Å². The number of carbonyl (C=O) groups excluding carboxylic acids is 4. The fourth-order valence-corrected chi connectivity index (χ4v) is 6.87. The Morgan fingerprint density at radius 1 is 0.769 bits per heavy atom. The van der Waals surface area contributed by atoms with Crippen molar-refractivity contribution in [2.45, 2.75) is 63.1 Å². The lowest BCUT2D eigenvalue weighted by molar-refractivity contribution is -0.136. The van der Waals surface area contributed by atoms with Crippen LogP contribution in [0.15, 0.2) is 97.5 Å². The van der Waals surface area contributed by atoms with Gasteiger partial charge in [0.15, 0.2) is 5.82 Å². The van der Waals surface area contributed by atoms with Gasteiger partial charge in [-0.1, -0.05) is 38.1 Å². The Balaban J connectivity index is 0.840. The zero-order valence-corrected chi connectivity index (χ0v) is 28.5. The molecule has 13 nitrogen and oxygen atoms in total. The quantitative estimate of drug-likeness (QED) is 0.186. The van der Waals surface area contributed by atoms with Crippen LogP contribution in [0.2, 0.25) is 0 Å². The third kappa shape index (κ3) is 6.25. The highest BCUT2D eigenvalue weighted by atomic mass is 16.5. The number of aromatic nitrogens is 4. The maximum atomic E-state index is 13.2. The molecule has 1 saturated carbocycles. The molecule has 5 aromatic rings. The number of hydrogen-bond acceptors (Lipinski definition) is 10. The van der Waals surface area contributed by atoms with Crippen molar-refractivity contribution in [2.24, 2.45) is 0 Å². The summed E-state index contributed by atoms with van der Waals surface area (Å²) in [6.07, 6.45) is 6.64. The molecule has 52 heavy (non-hydrogen) atoms. The molecule has 3 aromatic carbocycles. The van der Waals surface area contributed by atoms with Gasteiger partial charge in [0.1, 0.15) is 29.4 Å². The molecule has 0 radical (unpaired) electrons. The molecular weight excluding hydrogens is 662 g/mol. The Hall–Kier alpha value is -6.37. The van der Waals surface area contributed by atoms with E-state index in [1.807, 2.05) is 24.3 Å². The van der Waals surface area contributed by atoms with Gasteiger partial charge in [-0.05, 0) is 66.1 Å². The number of nitrogens with one attached hydrogen (secondary N) is 2. The largest absolute Gasteiger partial charge is 0.490 e. The van der Waals surface area contributed by atoms with E-state index in [2.05, 4.69) is 63.9 Å². The van der Waals surface area contributed by atoms with Crippen molar-refractivity contribution >= 4 is 29.3 Å². The van der Waals surface area contributed by atoms with Gasteiger partial charge in [0.2, 0.25) is 11.8 Å². The van der Waals surface area contributed by atoms with Gasteiger partial charge in [0.25, 0.3) is 11.8 Å². The van der Waals surface area contributed by atoms with Crippen molar-refractivity contribution < 1.29 is 28.7 Å². The van der Waals surface area contributed by atoms with Crippen LogP contribution in [-0.4, -0.2) is 66.7 Å². The van der Waals surface area contributed by atoms with Gasteiger partial charge in [0.05, 0.1) is 23.5 Å². The Morgan fingerprint density at radius 2 is 1.44 bits per heavy atom. The number of piperidine rings is 1. The lowest BCUT2D eigenvalue weighted by Crippen LogP contribution is -2.54. The number of carbonyl (C=O) groups is 4. The number of rotatable bonds is 10. The first kappa shape index (κ1) is 32.8. The topological polar surface area (TPSA) is 158 Å². The van der Waals surface area contributed by atoms with Crippen LogP contribution in [0.4, 0.5) is 5.69 Å². The van der Waals surface area contributed by atoms with Gasteiger partial charge >= 0.3 is 0 Å². The van der Waals surface area contributed by atoms with E-state index in [-0.39, 0.29) is 41.5 Å². The molecule has 0 spiro atoms. The second kappa shape index (κ2) is 13.1. The van der Waals surface area contributed by atoms with Crippen molar-refractivity contribution in [2.75, 3.05) is 5.32 Å². The molecule has 8 rings (SSSR count). The minimum atomic E-state index is -0.988. The molecule has 1 saturated heterocycles. The first-order chi connectivity index (χ1) is 25.1. The van der Waals surface area contributed by atoms with E-state index in [4.69, 9.17) is 9.47 Å². The van der Waals surface area contributed by atoms with Crippen molar-refractivity contribution in [1.29, 1.82) is 0 Å². The number of hydrogen-bond donors (Lipinski definition) is 2. The van der Waals surface area contributed by atoms with Crippen LogP contribution in [-0.2, 0) is 15.0 Å². The van der Waals surface area contributed by atoms with Gasteiger partial charge in [-0.3, -0.25) is 29.4 Å². The predicted octanol–water partition coefficient (Wildman–Crippen LogP) is 5.20.